The number of carbonyl (C=O) groups is 1. The molecule has 0 amide bonds. The van der Waals surface area contributed by atoms with Gasteiger partial charge in [0.2, 0.25) is 5.76 Å². The number of sulfone groups is 1. The predicted molar refractivity (Wildman–Crippen MR) is 95.2 cm³/mol. The summed E-state index contributed by atoms with van der Waals surface area (Å²) < 4.78 is 65.7. The lowest BCUT2D eigenvalue weighted by molar-refractivity contribution is -0.143. The molecule has 2 aromatic rings. The van der Waals surface area contributed by atoms with E-state index in [2.05, 4.69) is 0 Å². The van der Waals surface area contributed by atoms with Crippen molar-refractivity contribution >= 4 is 21.4 Å². The van der Waals surface area contributed by atoms with Gasteiger partial charge in [-0.3, -0.25) is 0 Å². The number of halogens is 2. The number of hydrogen-bond donors (Lipinski definition) is 0. The highest BCUT2D eigenvalue weighted by Crippen LogP contribution is 2.34. The van der Waals surface area contributed by atoms with Crippen molar-refractivity contribution < 1.29 is 36.2 Å². The van der Waals surface area contributed by atoms with E-state index >= 15 is 0 Å². The molecule has 0 N–H and O–H groups in total. The van der Waals surface area contributed by atoms with Crippen molar-refractivity contribution in [2.75, 3.05) is 20.0 Å². The molecular formula is C19H16F2O6S. The highest BCUT2D eigenvalue weighted by Gasteiger charge is 2.37. The first-order chi connectivity index (χ1) is 13.2. The number of carbonyl (C=O) groups excluding carboxylic acids is 1. The van der Waals surface area contributed by atoms with Gasteiger partial charge in [-0.1, -0.05) is 12.1 Å². The van der Waals surface area contributed by atoms with Crippen molar-refractivity contribution in [2.45, 2.75) is 11.0 Å². The Morgan fingerprint density at radius 2 is 1.75 bits per heavy atom. The van der Waals surface area contributed by atoms with Gasteiger partial charge in [-0.25, -0.2) is 22.0 Å². The minimum absolute atomic E-state index is 0.0273. The number of methoxy groups -OCH3 is 1. The summed E-state index contributed by atoms with van der Waals surface area (Å²) in [5.74, 6) is -3.27. The van der Waals surface area contributed by atoms with E-state index in [9.17, 15) is 22.0 Å². The fraction of sp³-hybridized carbons (Fsp3) is 0.211. The largest absolute Gasteiger partial charge is 0.449 e. The summed E-state index contributed by atoms with van der Waals surface area (Å²) in [6, 6.07) is 8.64. The van der Waals surface area contributed by atoms with Gasteiger partial charge in [0, 0.05) is 19.4 Å². The quantitative estimate of drug-likeness (QED) is 0.682. The molecule has 148 valence electrons. The molecule has 0 spiro atoms. The van der Waals surface area contributed by atoms with Gasteiger partial charge in [0.25, 0.3) is 0 Å². The molecule has 1 heterocycles. The lowest BCUT2D eigenvalue weighted by atomic mass is 10.0. The summed E-state index contributed by atoms with van der Waals surface area (Å²) in [7, 11) is -1.97. The van der Waals surface area contributed by atoms with Crippen LogP contribution in [-0.4, -0.2) is 40.5 Å². The fourth-order valence-corrected chi connectivity index (χ4v) is 3.35. The lowest BCUT2D eigenvalue weighted by Crippen LogP contribution is -2.17. The number of hydrogen-bond acceptors (Lipinski definition) is 6. The van der Waals surface area contributed by atoms with Gasteiger partial charge < -0.3 is 14.2 Å². The van der Waals surface area contributed by atoms with Crippen LogP contribution >= 0.6 is 0 Å². The maximum Gasteiger partial charge on any atom is 0.375 e. The SMILES string of the molecule is COCC1OC(=O)C(Oc2ccc(F)c(F)c2)=C1c1ccc(S(C)(=O)=O)cc1. The van der Waals surface area contributed by atoms with Crippen LogP contribution in [0.15, 0.2) is 53.1 Å². The minimum atomic E-state index is -3.40. The molecule has 9 heteroatoms. The molecule has 0 saturated carbocycles. The molecule has 0 aliphatic carbocycles. The maximum atomic E-state index is 13.5. The smallest absolute Gasteiger partial charge is 0.375 e. The second-order valence-electron chi connectivity index (χ2n) is 6.07. The van der Waals surface area contributed by atoms with E-state index in [0.29, 0.717) is 11.1 Å². The fourth-order valence-electron chi connectivity index (χ4n) is 2.72. The van der Waals surface area contributed by atoms with Crippen LogP contribution in [0.2, 0.25) is 0 Å². The number of cyclic esters (lactones) is 1. The summed E-state index contributed by atoms with van der Waals surface area (Å²) in [6.45, 7) is 0.0273. The van der Waals surface area contributed by atoms with E-state index in [0.717, 1.165) is 18.4 Å². The topological polar surface area (TPSA) is 78.9 Å². The number of esters is 1. The summed E-state index contributed by atoms with van der Waals surface area (Å²) >= 11 is 0. The van der Waals surface area contributed by atoms with Crippen molar-refractivity contribution in [3.8, 4) is 5.75 Å². The Hall–Kier alpha value is -2.78. The molecule has 28 heavy (non-hydrogen) atoms. The van der Waals surface area contributed by atoms with Crippen LogP contribution in [0.3, 0.4) is 0 Å². The summed E-state index contributed by atoms with van der Waals surface area (Å²) in [4.78, 5) is 12.4. The van der Waals surface area contributed by atoms with Crippen molar-refractivity contribution in [2.24, 2.45) is 0 Å². The minimum Gasteiger partial charge on any atom is -0.449 e. The highest BCUT2D eigenvalue weighted by molar-refractivity contribution is 7.90. The lowest BCUT2D eigenvalue weighted by Gasteiger charge is -2.13. The van der Waals surface area contributed by atoms with Gasteiger partial charge in [0.15, 0.2) is 27.6 Å². The monoisotopic (exact) mass is 410 g/mol. The van der Waals surface area contributed by atoms with E-state index in [1.807, 2.05) is 0 Å². The third-order valence-corrected chi connectivity index (χ3v) is 5.15. The van der Waals surface area contributed by atoms with Crippen LogP contribution < -0.4 is 4.74 Å². The van der Waals surface area contributed by atoms with Crippen molar-refractivity contribution in [3.63, 3.8) is 0 Å². The number of ether oxygens (including phenoxy) is 3. The molecule has 2 aromatic carbocycles. The molecule has 3 rings (SSSR count). The predicted octanol–water partition coefficient (Wildman–Crippen LogP) is 2.73. The Morgan fingerprint density at radius 1 is 1.07 bits per heavy atom. The first-order valence-electron chi connectivity index (χ1n) is 8.08. The molecule has 1 aliphatic rings. The van der Waals surface area contributed by atoms with Gasteiger partial charge >= 0.3 is 5.97 Å². The molecule has 1 aliphatic heterocycles. The van der Waals surface area contributed by atoms with E-state index < -0.39 is 33.5 Å². The first kappa shape index (κ1) is 20.0. The van der Waals surface area contributed by atoms with Crippen LogP contribution in [0, 0.1) is 11.6 Å². The molecule has 1 atom stereocenters. The molecule has 0 saturated heterocycles. The summed E-state index contributed by atoms with van der Waals surface area (Å²) in [6.07, 6.45) is 0.274. The average Bonchev–Trinajstić information content (AvgIpc) is 2.93. The Kier molecular flexibility index (Phi) is 5.48. The van der Waals surface area contributed by atoms with Crippen molar-refractivity contribution in [3.05, 3.63) is 65.4 Å². The van der Waals surface area contributed by atoms with E-state index in [-0.39, 0.29) is 23.0 Å². The van der Waals surface area contributed by atoms with Crippen LogP contribution in [0.1, 0.15) is 5.56 Å². The molecule has 0 aromatic heterocycles. The maximum absolute atomic E-state index is 13.5. The second kappa shape index (κ2) is 7.69. The summed E-state index contributed by atoms with van der Waals surface area (Å²) in [5, 5.41) is 0. The average molecular weight is 410 g/mol. The van der Waals surface area contributed by atoms with Crippen LogP contribution in [0.5, 0.6) is 5.75 Å². The molecule has 0 fully saturated rings. The molecule has 6 nitrogen and oxygen atoms in total. The third-order valence-electron chi connectivity index (χ3n) is 4.02. The number of benzene rings is 2. The van der Waals surface area contributed by atoms with E-state index in [1.165, 1.54) is 37.4 Å². The zero-order valence-corrected chi connectivity index (χ0v) is 15.8. The van der Waals surface area contributed by atoms with E-state index in [1.54, 1.807) is 0 Å². The Labute approximate surface area is 160 Å². The van der Waals surface area contributed by atoms with Crippen LogP contribution in [0.25, 0.3) is 5.57 Å². The normalized spacial score (nSPS) is 17.0. The Morgan fingerprint density at radius 3 is 2.32 bits per heavy atom. The third kappa shape index (κ3) is 4.05. The number of rotatable bonds is 6. The van der Waals surface area contributed by atoms with E-state index in [4.69, 9.17) is 14.2 Å². The van der Waals surface area contributed by atoms with Gasteiger partial charge in [0.05, 0.1) is 17.1 Å². The van der Waals surface area contributed by atoms with Crippen LogP contribution in [0.4, 0.5) is 8.78 Å². The highest BCUT2D eigenvalue weighted by atomic mass is 32.2. The Bertz CT molecular complexity index is 1040. The summed E-state index contributed by atoms with van der Waals surface area (Å²) in [5.41, 5.74) is 0.787. The standard InChI is InChI=1S/C19H16F2O6S/c1-25-10-16-17(11-3-6-13(7-4-11)28(2,23)24)18(19(22)27-16)26-12-5-8-14(20)15(21)9-12/h3-9,16H,10H2,1-2H3. The molecular weight excluding hydrogens is 394 g/mol. The van der Waals surface area contributed by atoms with Crippen molar-refractivity contribution in [1.29, 1.82) is 0 Å². The second-order valence-corrected chi connectivity index (χ2v) is 8.08. The van der Waals surface area contributed by atoms with Crippen molar-refractivity contribution in [1.82, 2.24) is 0 Å². The zero-order valence-electron chi connectivity index (χ0n) is 14.9. The van der Waals surface area contributed by atoms with Gasteiger partial charge in [-0.05, 0) is 29.8 Å². The van der Waals surface area contributed by atoms with Gasteiger partial charge in [-0.2, -0.15) is 0 Å². The zero-order chi connectivity index (χ0) is 20.5. The van der Waals surface area contributed by atoms with Gasteiger partial charge in [-0.15, -0.1) is 0 Å². The molecule has 0 bridgehead atoms. The first-order valence-corrected chi connectivity index (χ1v) is 9.97. The Balaban J connectivity index is 2.06. The van der Waals surface area contributed by atoms with Crippen LogP contribution in [-0.2, 0) is 24.1 Å². The molecule has 0 radical (unpaired) electrons. The van der Waals surface area contributed by atoms with Gasteiger partial charge in [0.1, 0.15) is 5.75 Å². The molecule has 1 unspecified atom stereocenters.